The molecule has 0 unspecified atom stereocenters. The Bertz CT molecular complexity index is 538. The van der Waals surface area contributed by atoms with Crippen LogP contribution in [-0.4, -0.2) is 0 Å². The number of hydrogen-bond acceptors (Lipinski definition) is 1. The summed E-state index contributed by atoms with van der Waals surface area (Å²) in [6, 6.07) is 18.6. The summed E-state index contributed by atoms with van der Waals surface area (Å²) in [5.41, 5.74) is 2.51. The topological polar surface area (TPSA) is 9.23 Å². The first-order valence-electron chi connectivity index (χ1n) is 7.64. The van der Waals surface area contributed by atoms with Gasteiger partial charge in [0.15, 0.2) is 0 Å². The first kappa shape index (κ1) is 15.4. The van der Waals surface area contributed by atoms with E-state index in [0.29, 0.717) is 6.61 Å². The molecule has 0 heterocycles. The lowest BCUT2D eigenvalue weighted by Crippen LogP contribution is -1.95. The average Bonchev–Trinajstić information content (AvgIpc) is 2.51. The molecule has 0 aliphatic carbocycles. The van der Waals surface area contributed by atoms with Gasteiger partial charge in [-0.3, -0.25) is 0 Å². The Kier molecular flexibility index (Phi) is 6.08. The van der Waals surface area contributed by atoms with Gasteiger partial charge in [0.25, 0.3) is 0 Å². The Morgan fingerprint density at radius 3 is 2.24 bits per heavy atom. The summed E-state index contributed by atoms with van der Waals surface area (Å²) in [6.07, 6.45) is 6.66. The highest BCUT2D eigenvalue weighted by Gasteiger charge is 1.96. The molecule has 2 rings (SSSR count). The van der Waals surface area contributed by atoms with Gasteiger partial charge in [0.05, 0.1) is 0 Å². The summed E-state index contributed by atoms with van der Waals surface area (Å²) in [5.74, 6) is 1.66. The van der Waals surface area contributed by atoms with Crippen LogP contribution in [0.3, 0.4) is 0 Å². The van der Waals surface area contributed by atoms with Crippen LogP contribution in [0.15, 0.2) is 66.7 Å². The van der Waals surface area contributed by atoms with E-state index in [2.05, 4.69) is 62.4 Å². The number of benzene rings is 2. The second-order valence-corrected chi connectivity index (χ2v) is 5.72. The van der Waals surface area contributed by atoms with Crippen molar-refractivity contribution in [1.82, 2.24) is 0 Å². The van der Waals surface area contributed by atoms with Crippen molar-refractivity contribution < 1.29 is 4.74 Å². The molecular formula is C20H24O. The van der Waals surface area contributed by atoms with Crippen LogP contribution in [0.5, 0.6) is 5.75 Å². The van der Waals surface area contributed by atoms with E-state index >= 15 is 0 Å². The first-order chi connectivity index (χ1) is 10.2. The van der Waals surface area contributed by atoms with E-state index < -0.39 is 0 Å². The minimum Gasteiger partial charge on any atom is -0.489 e. The summed E-state index contributed by atoms with van der Waals surface area (Å²) < 4.78 is 5.79. The summed E-state index contributed by atoms with van der Waals surface area (Å²) in [5, 5.41) is 0. The fraction of sp³-hybridized carbons (Fsp3) is 0.300. The van der Waals surface area contributed by atoms with Crippen molar-refractivity contribution in [3.8, 4) is 5.75 Å². The van der Waals surface area contributed by atoms with E-state index in [9.17, 15) is 0 Å². The third-order valence-corrected chi connectivity index (χ3v) is 3.30. The number of hydrogen-bond donors (Lipinski definition) is 0. The molecule has 0 N–H and O–H groups in total. The fourth-order valence-corrected chi connectivity index (χ4v) is 2.05. The van der Waals surface area contributed by atoms with Gasteiger partial charge in [0.2, 0.25) is 0 Å². The smallest absolute Gasteiger partial charge is 0.119 e. The Morgan fingerprint density at radius 2 is 1.57 bits per heavy atom. The number of ether oxygens (including phenoxy) is 1. The Balaban J connectivity index is 1.80. The van der Waals surface area contributed by atoms with Gasteiger partial charge in [-0.2, -0.15) is 0 Å². The molecule has 110 valence electrons. The van der Waals surface area contributed by atoms with Crippen LogP contribution in [0.1, 0.15) is 31.4 Å². The molecule has 0 atom stereocenters. The Labute approximate surface area is 128 Å². The number of rotatable bonds is 7. The molecular weight excluding hydrogens is 256 g/mol. The lowest BCUT2D eigenvalue weighted by atomic mass is 10.1. The molecule has 0 saturated heterocycles. The van der Waals surface area contributed by atoms with Crippen molar-refractivity contribution in [3.63, 3.8) is 0 Å². The molecule has 0 amide bonds. The Morgan fingerprint density at radius 1 is 0.857 bits per heavy atom. The standard InChI is InChI=1S/C20H24O/c1-17(2)8-6-7-9-18-12-14-20(15-13-18)21-16-19-10-4-3-5-11-19/h3-7,10-15,17H,8-9,16H2,1-2H3/b7-6+. The summed E-state index contributed by atoms with van der Waals surface area (Å²) in [6.45, 7) is 5.10. The molecule has 1 heteroatoms. The molecule has 0 fully saturated rings. The van der Waals surface area contributed by atoms with E-state index in [4.69, 9.17) is 4.74 Å². The largest absolute Gasteiger partial charge is 0.489 e. The fourth-order valence-electron chi connectivity index (χ4n) is 2.05. The molecule has 1 nitrogen and oxygen atoms in total. The van der Waals surface area contributed by atoms with Crippen LogP contribution in [0.2, 0.25) is 0 Å². The third-order valence-electron chi connectivity index (χ3n) is 3.30. The first-order valence-corrected chi connectivity index (χ1v) is 7.64. The molecule has 0 aliphatic rings. The molecule has 0 saturated carbocycles. The monoisotopic (exact) mass is 280 g/mol. The average molecular weight is 280 g/mol. The van der Waals surface area contributed by atoms with Crippen molar-refractivity contribution >= 4 is 0 Å². The van der Waals surface area contributed by atoms with Crippen molar-refractivity contribution in [2.24, 2.45) is 5.92 Å². The van der Waals surface area contributed by atoms with Gasteiger partial charge in [0.1, 0.15) is 12.4 Å². The molecule has 0 aromatic heterocycles. The van der Waals surface area contributed by atoms with Crippen LogP contribution in [0, 0.1) is 5.92 Å². The summed E-state index contributed by atoms with van der Waals surface area (Å²) in [4.78, 5) is 0. The van der Waals surface area contributed by atoms with E-state index in [0.717, 1.165) is 24.5 Å². The van der Waals surface area contributed by atoms with E-state index in [1.807, 2.05) is 18.2 Å². The molecule has 0 aliphatic heterocycles. The van der Waals surface area contributed by atoms with Crippen LogP contribution >= 0.6 is 0 Å². The number of allylic oxidation sites excluding steroid dienone is 2. The SMILES string of the molecule is CC(C)C/C=C/Cc1ccc(OCc2ccccc2)cc1. The zero-order chi connectivity index (χ0) is 14.9. The van der Waals surface area contributed by atoms with Gasteiger partial charge >= 0.3 is 0 Å². The normalized spacial score (nSPS) is 11.2. The lowest BCUT2D eigenvalue weighted by molar-refractivity contribution is 0.306. The van der Waals surface area contributed by atoms with Crippen molar-refractivity contribution in [3.05, 3.63) is 77.9 Å². The highest BCUT2D eigenvalue weighted by Crippen LogP contribution is 2.15. The van der Waals surface area contributed by atoms with Crippen LogP contribution in [0.4, 0.5) is 0 Å². The molecule has 21 heavy (non-hydrogen) atoms. The maximum Gasteiger partial charge on any atom is 0.119 e. The maximum atomic E-state index is 5.79. The van der Waals surface area contributed by atoms with Gasteiger partial charge in [-0.05, 0) is 42.0 Å². The molecule has 2 aromatic carbocycles. The highest BCUT2D eigenvalue weighted by atomic mass is 16.5. The van der Waals surface area contributed by atoms with Gasteiger partial charge in [0, 0.05) is 0 Å². The summed E-state index contributed by atoms with van der Waals surface area (Å²) in [7, 11) is 0. The zero-order valence-electron chi connectivity index (χ0n) is 13.0. The Hall–Kier alpha value is -2.02. The predicted octanol–water partition coefficient (Wildman–Crippen LogP) is 5.41. The van der Waals surface area contributed by atoms with Gasteiger partial charge in [-0.25, -0.2) is 0 Å². The van der Waals surface area contributed by atoms with E-state index in [1.165, 1.54) is 11.1 Å². The van der Waals surface area contributed by atoms with Crippen molar-refractivity contribution in [2.45, 2.75) is 33.3 Å². The van der Waals surface area contributed by atoms with Gasteiger partial charge in [-0.15, -0.1) is 0 Å². The minimum atomic E-state index is 0.620. The highest BCUT2D eigenvalue weighted by molar-refractivity contribution is 5.29. The lowest BCUT2D eigenvalue weighted by Gasteiger charge is -2.07. The molecule has 0 spiro atoms. The third kappa shape index (κ3) is 5.86. The van der Waals surface area contributed by atoms with E-state index in [-0.39, 0.29) is 0 Å². The summed E-state index contributed by atoms with van der Waals surface area (Å²) >= 11 is 0. The maximum absolute atomic E-state index is 5.79. The molecule has 2 aromatic rings. The molecule has 0 radical (unpaired) electrons. The van der Waals surface area contributed by atoms with Crippen molar-refractivity contribution in [2.75, 3.05) is 0 Å². The predicted molar refractivity (Wildman–Crippen MR) is 89.5 cm³/mol. The van der Waals surface area contributed by atoms with Crippen LogP contribution in [-0.2, 0) is 13.0 Å². The second kappa shape index (κ2) is 8.31. The molecule has 0 bridgehead atoms. The van der Waals surface area contributed by atoms with Crippen LogP contribution in [0.25, 0.3) is 0 Å². The van der Waals surface area contributed by atoms with Crippen molar-refractivity contribution in [1.29, 1.82) is 0 Å². The quantitative estimate of drug-likeness (QED) is 0.616. The minimum absolute atomic E-state index is 0.620. The second-order valence-electron chi connectivity index (χ2n) is 5.72. The van der Waals surface area contributed by atoms with Crippen LogP contribution < -0.4 is 4.74 Å². The van der Waals surface area contributed by atoms with Gasteiger partial charge < -0.3 is 4.74 Å². The van der Waals surface area contributed by atoms with E-state index in [1.54, 1.807) is 0 Å². The van der Waals surface area contributed by atoms with Gasteiger partial charge in [-0.1, -0.05) is 68.5 Å². The zero-order valence-corrected chi connectivity index (χ0v) is 13.0.